The zero-order valence-electron chi connectivity index (χ0n) is 15.0. The molecule has 2 aromatic heterocycles. The van der Waals surface area contributed by atoms with Gasteiger partial charge in [-0.3, -0.25) is 4.79 Å². The topological polar surface area (TPSA) is 83.1 Å². The molecule has 1 saturated heterocycles. The van der Waals surface area contributed by atoms with Crippen molar-refractivity contribution in [1.82, 2.24) is 19.9 Å². The summed E-state index contributed by atoms with van der Waals surface area (Å²) in [6, 6.07) is 6.07. The van der Waals surface area contributed by atoms with Crippen molar-refractivity contribution in [1.29, 1.82) is 0 Å². The lowest BCUT2D eigenvalue weighted by Gasteiger charge is -2.26. The molecule has 0 unspecified atom stereocenters. The van der Waals surface area contributed by atoms with Gasteiger partial charge in [0.05, 0.1) is 34.8 Å². The molecule has 3 aromatic rings. The first-order chi connectivity index (χ1) is 13.6. The molecule has 1 fully saturated rings. The Morgan fingerprint density at radius 2 is 2.14 bits per heavy atom. The average Bonchev–Trinajstić information content (AvgIpc) is 3.11. The number of carbonyl (C=O) groups excluding carboxylic acids is 1. The number of aromatic nitrogens is 3. The molecule has 0 aliphatic carbocycles. The minimum atomic E-state index is -0.302. The van der Waals surface area contributed by atoms with Gasteiger partial charge in [0.25, 0.3) is 5.91 Å². The van der Waals surface area contributed by atoms with Crippen LogP contribution in [-0.2, 0) is 11.2 Å². The number of aromatic amines is 1. The molecule has 1 aliphatic heterocycles. The number of carbonyl (C=O) groups is 1. The van der Waals surface area contributed by atoms with E-state index in [2.05, 4.69) is 20.3 Å². The van der Waals surface area contributed by atoms with Crippen molar-refractivity contribution >= 4 is 34.4 Å². The van der Waals surface area contributed by atoms with Gasteiger partial charge in [0.1, 0.15) is 17.5 Å². The zero-order chi connectivity index (χ0) is 19.5. The Morgan fingerprint density at radius 1 is 1.32 bits per heavy atom. The molecule has 9 heteroatoms. The van der Waals surface area contributed by atoms with E-state index >= 15 is 0 Å². The number of hydrogen-bond donors (Lipinski definition) is 2. The highest BCUT2D eigenvalue weighted by Gasteiger charge is 2.19. The fourth-order valence-electron chi connectivity index (χ4n) is 3.09. The standard InChI is InChI=1S/C19H19ClFN5O2/c20-14-9-12(19(27)26-5-7-28-8-6-26)11-23-18(14)22-4-3-17-24-15-2-1-13(21)10-16(15)25-17/h1-2,9-11H,3-8H2,(H,22,23)(H,24,25). The minimum Gasteiger partial charge on any atom is -0.378 e. The van der Waals surface area contributed by atoms with Crippen molar-refractivity contribution in [2.45, 2.75) is 6.42 Å². The predicted octanol–water partition coefficient (Wildman–Crippen LogP) is 2.88. The fourth-order valence-corrected chi connectivity index (χ4v) is 3.32. The molecule has 0 atom stereocenters. The number of pyridine rings is 1. The molecule has 146 valence electrons. The Morgan fingerprint density at radius 3 is 2.93 bits per heavy atom. The average molecular weight is 404 g/mol. The van der Waals surface area contributed by atoms with Gasteiger partial charge in [0.15, 0.2) is 0 Å². The summed E-state index contributed by atoms with van der Waals surface area (Å²) in [5.74, 6) is 0.841. The first-order valence-corrected chi connectivity index (χ1v) is 9.38. The summed E-state index contributed by atoms with van der Waals surface area (Å²) in [5, 5.41) is 3.52. The van der Waals surface area contributed by atoms with E-state index in [0.717, 1.165) is 11.3 Å². The second-order valence-corrected chi connectivity index (χ2v) is 6.89. The van der Waals surface area contributed by atoms with Crippen molar-refractivity contribution in [3.8, 4) is 0 Å². The van der Waals surface area contributed by atoms with Gasteiger partial charge in [0, 0.05) is 32.3 Å². The second kappa shape index (κ2) is 8.12. The zero-order valence-corrected chi connectivity index (χ0v) is 15.8. The highest BCUT2D eigenvalue weighted by Crippen LogP contribution is 2.21. The molecule has 0 bridgehead atoms. The number of fused-ring (bicyclic) bond motifs is 1. The maximum Gasteiger partial charge on any atom is 0.255 e. The summed E-state index contributed by atoms with van der Waals surface area (Å²) < 4.78 is 18.5. The molecule has 0 radical (unpaired) electrons. The molecule has 1 aromatic carbocycles. The summed E-state index contributed by atoms with van der Waals surface area (Å²) in [4.78, 5) is 26.0. The first-order valence-electron chi connectivity index (χ1n) is 9.01. The van der Waals surface area contributed by atoms with E-state index < -0.39 is 0 Å². The van der Waals surface area contributed by atoms with Gasteiger partial charge >= 0.3 is 0 Å². The summed E-state index contributed by atoms with van der Waals surface area (Å²) in [7, 11) is 0. The maximum atomic E-state index is 13.3. The Kier molecular flexibility index (Phi) is 5.40. The molecule has 3 heterocycles. The highest BCUT2D eigenvalue weighted by molar-refractivity contribution is 6.33. The fraction of sp³-hybridized carbons (Fsp3) is 0.316. The molecule has 2 N–H and O–H groups in total. The first kappa shape index (κ1) is 18.6. The van der Waals surface area contributed by atoms with Gasteiger partial charge < -0.3 is 19.9 Å². The Hall–Kier alpha value is -2.71. The maximum absolute atomic E-state index is 13.3. The molecule has 1 aliphatic rings. The normalized spacial score (nSPS) is 14.4. The number of halogens is 2. The van der Waals surface area contributed by atoms with Crippen molar-refractivity contribution in [3.05, 3.63) is 52.7 Å². The molecule has 0 spiro atoms. The number of H-pyrrole nitrogens is 1. The lowest BCUT2D eigenvalue weighted by molar-refractivity contribution is 0.0302. The summed E-state index contributed by atoms with van der Waals surface area (Å²) >= 11 is 6.29. The van der Waals surface area contributed by atoms with Crippen molar-refractivity contribution in [3.63, 3.8) is 0 Å². The number of imidazole rings is 1. The number of anilines is 1. The Labute approximate surface area is 165 Å². The summed E-state index contributed by atoms with van der Waals surface area (Å²) in [6.45, 7) is 2.75. The lowest BCUT2D eigenvalue weighted by Crippen LogP contribution is -2.40. The van der Waals surface area contributed by atoms with Crippen LogP contribution in [0.1, 0.15) is 16.2 Å². The van der Waals surface area contributed by atoms with Gasteiger partial charge in [-0.15, -0.1) is 0 Å². The number of amides is 1. The van der Waals surface area contributed by atoms with Crippen LogP contribution in [-0.4, -0.2) is 58.6 Å². The van der Waals surface area contributed by atoms with Gasteiger partial charge in [-0.05, 0) is 24.3 Å². The predicted molar refractivity (Wildman–Crippen MR) is 104 cm³/mol. The van der Waals surface area contributed by atoms with Gasteiger partial charge in [-0.1, -0.05) is 11.6 Å². The van der Waals surface area contributed by atoms with E-state index in [1.807, 2.05) is 0 Å². The van der Waals surface area contributed by atoms with Crippen LogP contribution < -0.4 is 5.32 Å². The van der Waals surface area contributed by atoms with E-state index in [-0.39, 0.29) is 11.7 Å². The van der Waals surface area contributed by atoms with Gasteiger partial charge in [-0.2, -0.15) is 0 Å². The van der Waals surface area contributed by atoms with Crippen LogP contribution in [0, 0.1) is 5.82 Å². The van der Waals surface area contributed by atoms with Gasteiger partial charge in [0.2, 0.25) is 0 Å². The van der Waals surface area contributed by atoms with Crippen LogP contribution in [0.25, 0.3) is 11.0 Å². The Bertz CT molecular complexity index is 1000. The van der Waals surface area contributed by atoms with Crippen LogP contribution in [0.3, 0.4) is 0 Å². The van der Waals surface area contributed by atoms with E-state index in [1.165, 1.54) is 18.3 Å². The van der Waals surface area contributed by atoms with Crippen LogP contribution in [0.2, 0.25) is 5.02 Å². The van der Waals surface area contributed by atoms with Crippen LogP contribution >= 0.6 is 11.6 Å². The summed E-state index contributed by atoms with van der Waals surface area (Å²) in [5.41, 5.74) is 1.84. The number of rotatable bonds is 5. The molecular weight excluding hydrogens is 385 g/mol. The van der Waals surface area contributed by atoms with Crippen molar-refractivity contribution < 1.29 is 13.9 Å². The van der Waals surface area contributed by atoms with Crippen molar-refractivity contribution in [2.75, 3.05) is 38.2 Å². The largest absolute Gasteiger partial charge is 0.378 e. The number of benzene rings is 1. The quantitative estimate of drug-likeness (QED) is 0.684. The molecule has 0 saturated carbocycles. The number of nitrogens with zero attached hydrogens (tertiary/aromatic N) is 3. The SMILES string of the molecule is O=C(c1cnc(NCCc2nc3ccc(F)cc3[nH]2)c(Cl)c1)N1CCOCC1. The summed E-state index contributed by atoms with van der Waals surface area (Å²) in [6.07, 6.45) is 2.11. The molecular formula is C19H19ClFN5O2. The van der Waals surface area contributed by atoms with Crippen LogP contribution in [0.15, 0.2) is 30.5 Å². The molecule has 4 rings (SSSR count). The van der Waals surface area contributed by atoms with E-state index in [4.69, 9.17) is 16.3 Å². The second-order valence-electron chi connectivity index (χ2n) is 6.48. The molecule has 28 heavy (non-hydrogen) atoms. The lowest BCUT2D eigenvalue weighted by atomic mass is 10.2. The monoisotopic (exact) mass is 403 g/mol. The number of nitrogens with one attached hydrogen (secondary N) is 2. The molecule has 7 nitrogen and oxygen atoms in total. The minimum absolute atomic E-state index is 0.0984. The third kappa shape index (κ3) is 4.07. The third-order valence-corrected chi connectivity index (χ3v) is 4.82. The van der Waals surface area contributed by atoms with E-state index in [0.29, 0.717) is 61.2 Å². The number of morpholine rings is 1. The Balaban J connectivity index is 1.37. The van der Waals surface area contributed by atoms with Crippen LogP contribution in [0.5, 0.6) is 0 Å². The smallest absolute Gasteiger partial charge is 0.255 e. The van der Waals surface area contributed by atoms with Crippen LogP contribution in [0.4, 0.5) is 10.2 Å². The van der Waals surface area contributed by atoms with E-state index in [1.54, 1.807) is 17.0 Å². The van der Waals surface area contributed by atoms with Crippen molar-refractivity contribution in [2.24, 2.45) is 0 Å². The number of hydrogen-bond acceptors (Lipinski definition) is 5. The molecule has 1 amide bonds. The van der Waals surface area contributed by atoms with Gasteiger partial charge in [-0.25, -0.2) is 14.4 Å². The third-order valence-electron chi connectivity index (χ3n) is 4.53. The number of ether oxygens (including phenoxy) is 1. The highest BCUT2D eigenvalue weighted by atomic mass is 35.5. The van der Waals surface area contributed by atoms with E-state index in [9.17, 15) is 9.18 Å².